The van der Waals surface area contributed by atoms with E-state index in [1.165, 1.54) is 9.71 Å². The molecule has 23 heavy (non-hydrogen) atoms. The van der Waals surface area contributed by atoms with E-state index in [-0.39, 0.29) is 5.91 Å². The molecule has 1 aromatic carbocycles. The lowest BCUT2D eigenvalue weighted by Gasteiger charge is -2.33. The molecule has 2 heterocycles. The summed E-state index contributed by atoms with van der Waals surface area (Å²) >= 11 is 1.77. The number of nitrogens with one attached hydrogen (secondary N) is 1. The molecule has 1 aliphatic rings. The fourth-order valence-corrected chi connectivity index (χ4v) is 3.74. The van der Waals surface area contributed by atoms with Crippen molar-refractivity contribution in [3.8, 4) is 0 Å². The van der Waals surface area contributed by atoms with Crippen LogP contribution in [-0.2, 0) is 11.3 Å². The van der Waals surface area contributed by atoms with Gasteiger partial charge in [0.2, 0.25) is 5.91 Å². The number of rotatable bonds is 6. The number of nitrogens with zero attached hydrogens (tertiary/aromatic N) is 3. The van der Waals surface area contributed by atoms with E-state index in [4.69, 9.17) is 4.98 Å². The summed E-state index contributed by atoms with van der Waals surface area (Å²) in [4.78, 5) is 21.0. The average molecular weight is 330 g/mol. The Balaban J connectivity index is 1.47. The summed E-state index contributed by atoms with van der Waals surface area (Å²) < 4.78 is 1.25. The molecule has 1 amide bonds. The molecule has 5 nitrogen and oxygen atoms in total. The van der Waals surface area contributed by atoms with Gasteiger partial charge in [-0.1, -0.05) is 18.2 Å². The molecule has 1 aromatic heterocycles. The Labute approximate surface area is 140 Å². The van der Waals surface area contributed by atoms with Gasteiger partial charge in [-0.25, -0.2) is 4.98 Å². The third-order valence-corrected chi connectivity index (χ3v) is 4.99. The monoisotopic (exact) mass is 330 g/mol. The van der Waals surface area contributed by atoms with E-state index < -0.39 is 0 Å². The number of hydrogen-bond donors (Lipinski definition) is 1. The molecule has 1 saturated heterocycles. The zero-order valence-electron chi connectivity index (χ0n) is 13.2. The molecule has 1 N–H and O–H groups in total. The Morgan fingerprint density at radius 1 is 1.26 bits per heavy atom. The van der Waals surface area contributed by atoms with Gasteiger partial charge >= 0.3 is 0 Å². The van der Waals surface area contributed by atoms with E-state index in [2.05, 4.69) is 39.9 Å². The minimum Gasteiger partial charge on any atom is -0.352 e. The van der Waals surface area contributed by atoms with Crippen molar-refractivity contribution in [1.29, 1.82) is 0 Å². The van der Waals surface area contributed by atoms with Crippen LogP contribution in [-0.4, -0.2) is 60.0 Å². The highest BCUT2D eigenvalue weighted by molar-refractivity contribution is 7.18. The molecular weight excluding hydrogens is 308 g/mol. The van der Waals surface area contributed by atoms with Gasteiger partial charge in [-0.15, -0.1) is 17.9 Å². The zero-order chi connectivity index (χ0) is 16.1. The summed E-state index contributed by atoms with van der Waals surface area (Å²) in [5, 5.41) is 3.99. The molecule has 0 spiro atoms. The van der Waals surface area contributed by atoms with Crippen LogP contribution in [0.15, 0.2) is 36.9 Å². The number of fused-ring (bicyclic) bond motifs is 1. The summed E-state index contributed by atoms with van der Waals surface area (Å²) in [6, 6.07) is 8.27. The molecule has 0 bridgehead atoms. The van der Waals surface area contributed by atoms with Gasteiger partial charge in [-0.05, 0) is 12.1 Å². The van der Waals surface area contributed by atoms with E-state index in [9.17, 15) is 4.79 Å². The van der Waals surface area contributed by atoms with Crippen molar-refractivity contribution in [1.82, 2.24) is 20.1 Å². The van der Waals surface area contributed by atoms with Crippen LogP contribution in [0.4, 0.5) is 0 Å². The van der Waals surface area contributed by atoms with Crippen molar-refractivity contribution < 1.29 is 4.79 Å². The van der Waals surface area contributed by atoms with E-state index in [1.54, 1.807) is 17.4 Å². The number of hydrogen-bond acceptors (Lipinski definition) is 5. The Bertz CT molecular complexity index is 643. The van der Waals surface area contributed by atoms with Gasteiger partial charge in [-0.2, -0.15) is 0 Å². The number of para-hydroxylation sites is 1. The first-order valence-electron chi connectivity index (χ1n) is 7.91. The van der Waals surface area contributed by atoms with Crippen LogP contribution in [0.2, 0.25) is 0 Å². The van der Waals surface area contributed by atoms with Crippen LogP contribution in [0.3, 0.4) is 0 Å². The second-order valence-electron chi connectivity index (χ2n) is 5.72. The van der Waals surface area contributed by atoms with Gasteiger partial charge in [0.15, 0.2) is 0 Å². The Hall–Kier alpha value is -1.76. The molecule has 2 aromatic rings. The van der Waals surface area contributed by atoms with Crippen molar-refractivity contribution in [2.45, 2.75) is 6.54 Å². The predicted molar refractivity (Wildman–Crippen MR) is 94.5 cm³/mol. The first-order chi connectivity index (χ1) is 11.2. The molecule has 0 atom stereocenters. The summed E-state index contributed by atoms with van der Waals surface area (Å²) in [7, 11) is 0. The summed E-state index contributed by atoms with van der Waals surface area (Å²) in [5.41, 5.74) is 1.09. The maximum Gasteiger partial charge on any atom is 0.234 e. The second kappa shape index (κ2) is 7.68. The quantitative estimate of drug-likeness (QED) is 0.819. The number of piperazine rings is 1. The van der Waals surface area contributed by atoms with E-state index in [1.807, 2.05) is 6.07 Å². The minimum atomic E-state index is 0.0736. The van der Waals surface area contributed by atoms with Crippen LogP contribution >= 0.6 is 11.3 Å². The SMILES string of the molecule is C=CCNC(=O)CN1CCN(Cc2nc3ccccc3s2)CC1. The summed E-state index contributed by atoms with van der Waals surface area (Å²) in [5.74, 6) is 0.0736. The maximum absolute atomic E-state index is 11.7. The van der Waals surface area contributed by atoms with Crippen molar-refractivity contribution >= 4 is 27.5 Å². The highest BCUT2D eigenvalue weighted by Gasteiger charge is 2.19. The fourth-order valence-electron chi connectivity index (χ4n) is 2.73. The highest BCUT2D eigenvalue weighted by atomic mass is 32.1. The second-order valence-corrected chi connectivity index (χ2v) is 6.84. The van der Waals surface area contributed by atoms with Crippen LogP contribution < -0.4 is 5.32 Å². The fraction of sp³-hybridized carbons (Fsp3) is 0.412. The lowest BCUT2D eigenvalue weighted by molar-refractivity contribution is -0.122. The number of amides is 1. The van der Waals surface area contributed by atoms with E-state index in [0.717, 1.165) is 38.2 Å². The molecule has 0 aliphatic carbocycles. The molecule has 122 valence electrons. The highest BCUT2D eigenvalue weighted by Crippen LogP contribution is 2.22. The van der Waals surface area contributed by atoms with Crippen molar-refractivity contribution in [3.63, 3.8) is 0 Å². The summed E-state index contributed by atoms with van der Waals surface area (Å²) in [6.07, 6.45) is 1.70. The van der Waals surface area contributed by atoms with Crippen LogP contribution in [0.5, 0.6) is 0 Å². The molecule has 3 rings (SSSR count). The standard InChI is InChI=1S/C17H22N4OS/c1-2-7-18-16(22)12-20-8-10-21(11-9-20)13-17-19-14-5-3-4-6-15(14)23-17/h2-6H,1,7-13H2,(H,18,22). The molecule has 0 radical (unpaired) electrons. The number of aromatic nitrogens is 1. The summed E-state index contributed by atoms with van der Waals surface area (Å²) in [6.45, 7) is 9.32. The van der Waals surface area contributed by atoms with Crippen LogP contribution in [0.1, 0.15) is 5.01 Å². The van der Waals surface area contributed by atoms with Crippen LogP contribution in [0.25, 0.3) is 10.2 Å². The van der Waals surface area contributed by atoms with Gasteiger partial charge in [0.1, 0.15) is 5.01 Å². The molecule has 1 aliphatic heterocycles. The first-order valence-corrected chi connectivity index (χ1v) is 8.73. The van der Waals surface area contributed by atoms with E-state index in [0.29, 0.717) is 13.1 Å². The molecule has 0 unspecified atom stereocenters. The van der Waals surface area contributed by atoms with E-state index >= 15 is 0 Å². The smallest absolute Gasteiger partial charge is 0.234 e. The lowest BCUT2D eigenvalue weighted by Crippen LogP contribution is -2.49. The third kappa shape index (κ3) is 4.37. The van der Waals surface area contributed by atoms with Crippen molar-refractivity contribution in [3.05, 3.63) is 41.9 Å². The largest absolute Gasteiger partial charge is 0.352 e. The molecule has 1 fully saturated rings. The van der Waals surface area contributed by atoms with Gasteiger partial charge < -0.3 is 5.32 Å². The predicted octanol–water partition coefficient (Wildman–Crippen LogP) is 1.72. The Morgan fingerprint density at radius 3 is 2.74 bits per heavy atom. The number of carbonyl (C=O) groups excluding carboxylic acids is 1. The normalized spacial score (nSPS) is 16.5. The first kappa shape index (κ1) is 16.1. The maximum atomic E-state index is 11.7. The van der Waals surface area contributed by atoms with Gasteiger partial charge in [0.05, 0.1) is 23.3 Å². The third-order valence-electron chi connectivity index (χ3n) is 3.97. The average Bonchev–Trinajstić information content (AvgIpc) is 2.97. The van der Waals surface area contributed by atoms with Gasteiger partial charge in [0, 0.05) is 32.7 Å². The van der Waals surface area contributed by atoms with Gasteiger partial charge in [0.25, 0.3) is 0 Å². The number of benzene rings is 1. The molecule has 6 heteroatoms. The molecule has 0 saturated carbocycles. The molecular formula is C17H22N4OS. The number of thiazole rings is 1. The Kier molecular flexibility index (Phi) is 5.38. The minimum absolute atomic E-state index is 0.0736. The number of carbonyl (C=O) groups is 1. The van der Waals surface area contributed by atoms with Crippen LogP contribution in [0, 0.1) is 0 Å². The lowest BCUT2D eigenvalue weighted by atomic mass is 10.3. The van der Waals surface area contributed by atoms with Gasteiger partial charge in [-0.3, -0.25) is 14.6 Å². The topological polar surface area (TPSA) is 48.5 Å². The van der Waals surface area contributed by atoms with Crippen molar-refractivity contribution in [2.24, 2.45) is 0 Å². The zero-order valence-corrected chi connectivity index (χ0v) is 14.0. The van der Waals surface area contributed by atoms with Crippen molar-refractivity contribution in [2.75, 3.05) is 39.3 Å². The Morgan fingerprint density at radius 2 is 2.00 bits per heavy atom.